The molecule has 2 heteroatoms. The van der Waals surface area contributed by atoms with Gasteiger partial charge in [0.25, 0.3) is 0 Å². The van der Waals surface area contributed by atoms with Gasteiger partial charge in [-0.25, -0.2) is 0 Å². The van der Waals surface area contributed by atoms with E-state index >= 15 is 0 Å². The Hall–Kier alpha value is -1.38. The maximum atomic E-state index is 6.20. The van der Waals surface area contributed by atoms with Crippen molar-refractivity contribution in [2.75, 3.05) is 13.2 Å². The lowest BCUT2D eigenvalue weighted by Gasteiger charge is -2.49. The number of hydrogen-bond acceptors (Lipinski definition) is 2. The van der Waals surface area contributed by atoms with Gasteiger partial charge in [-0.05, 0) is 30.5 Å². The van der Waals surface area contributed by atoms with Gasteiger partial charge in [0.2, 0.25) is 0 Å². The maximum absolute atomic E-state index is 6.20. The molecule has 20 heavy (non-hydrogen) atoms. The molecule has 2 aliphatic rings. The van der Waals surface area contributed by atoms with Gasteiger partial charge in [0.1, 0.15) is 0 Å². The number of rotatable bonds is 1. The number of hydrogen-bond donors (Lipinski definition) is 0. The maximum Gasteiger partial charge on any atom is 0.192 e. The lowest BCUT2D eigenvalue weighted by molar-refractivity contribution is -0.314. The molecule has 2 aromatic rings. The van der Waals surface area contributed by atoms with E-state index in [-0.39, 0.29) is 0 Å². The Morgan fingerprint density at radius 1 is 0.900 bits per heavy atom. The summed E-state index contributed by atoms with van der Waals surface area (Å²) < 4.78 is 12.4. The highest BCUT2D eigenvalue weighted by Gasteiger charge is 2.46. The minimum atomic E-state index is -0.609. The van der Waals surface area contributed by atoms with Crippen molar-refractivity contribution >= 4 is 10.8 Å². The van der Waals surface area contributed by atoms with E-state index in [1.54, 1.807) is 0 Å². The predicted octanol–water partition coefficient (Wildman–Crippen LogP) is 4.23. The lowest BCUT2D eigenvalue weighted by Crippen LogP contribution is -2.49. The Labute approximate surface area is 119 Å². The highest BCUT2D eigenvalue weighted by Crippen LogP contribution is 2.48. The highest BCUT2D eigenvalue weighted by atomic mass is 16.7. The topological polar surface area (TPSA) is 18.5 Å². The SMILES string of the molecule is CC1(c2cccc3ccccc23)OCC2(CCC2)CO1. The monoisotopic (exact) mass is 268 g/mol. The summed E-state index contributed by atoms with van der Waals surface area (Å²) in [4.78, 5) is 0. The normalized spacial score (nSPS) is 23.6. The molecule has 0 unspecified atom stereocenters. The largest absolute Gasteiger partial charge is 0.345 e. The van der Waals surface area contributed by atoms with E-state index in [0.717, 1.165) is 18.8 Å². The summed E-state index contributed by atoms with van der Waals surface area (Å²) in [5.41, 5.74) is 1.45. The number of fused-ring (bicyclic) bond motifs is 1. The van der Waals surface area contributed by atoms with E-state index in [0.29, 0.717) is 5.41 Å². The Morgan fingerprint density at radius 2 is 1.60 bits per heavy atom. The molecule has 1 saturated carbocycles. The molecule has 1 aliphatic carbocycles. The van der Waals surface area contributed by atoms with Crippen LogP contribution >= 0.6 is 0 Å². The minimum absolute atomic E-state index is 0.310. The third-order valence-electron chi connectivity index (χ3n) is 5.00. The van der Waals surface area contributed by atoms with Crippen LogP contribution in [0.4, 0.5) is 0 Å². The Morgan fingerprint density at radius 3 is 2.30 bits per heavy atom. The molecule has 1 spiro atoms. The molecular weight excluding hydrogens is 248 g/mol. The number of benzene rings is 2. The molecule has 2 aromatic carbocycles. The van der Waals surface area contributed by atoms with Crippen molar-refractivity contribution in [3.05, 3.63) is 48.0 Å². The second-order valence-corrected chi connectivity index (χ2v) is 6.40. The fourth-order valence-electron chi connectivity index (χ4n) is 3.41. The van der Waals surface area contributed by atoms with Crippen molar-refractivity contribution in [2.45, 2.75) is 32.0 Å². The van der Waals surface area contributed by atoms with E-state index < -0.39 is 5.79 Å². The average molecular weight is 268 g/mol. The third kappa shape index (κ3) is 1.79. The van der Waals surface area contributed by atoms with Crippen LogP contribution in [0, 0.1) is 5.41 Å². The zero-order valence-corrected chi connectivity index (χ0v) is 11.9. The van der Waals surface area contributed by atoms with Crippen molar-refractivity contribution in [2.24, 2.45) is 5.41 Å². The summed E-state index contributed by atoms with van der Waals surface area (Å²) in [5.74, 6) is -0.609. The lowest BCUT2D eigenvalue weighted by atomic mass is 9.69. The van der Waals surface area contributed by atoms with E-state index in [2.05, 4.69) is 49.4 Å². The van der Waals surface area contributed by atoms with Gasteiger partial charge in [-0.1, -0.05) is 48.9 Å². The molecule has 1 heterocycles. The summed E-state index contributed by atoms with van der Waals surface area (Å²) in [5, 5.41) is 2.46. The van der Waals surface area contributed by atoms with Crippen LogP contribution in [-0.2, 0) is 15.3 Å². The van der Waals surface area contributed by atoms with Crippen LogP contribution in [0.15, 0.2) is 42.5 Å². The molecule has 0 aromatic heterocycles. The highest BCUT2D eigenvalue weighted by molar-refractivity contribution is 5.86. The molecule has 0 bridgehead atoms. The Bertz CT molecular complexity index is 627. The molecule has 1 aliphatic heterocycles. The summed E-state index contributed by atoms with van der Waals surface area (Å²) in [7, 11) is 0. The van der Waals surface area contributed by atoms with Crippen LogP contribution in [-0.4, -0.2) is 13.2 Å². The van der Waals surface area contributed by atoms with Crippen LogP contribution in [0.3, 0.4) is 0 Å². The van der Waals surface area contributed by atoms with Crippen LogP contribution < -0.4 is 0 Å². The number of ether oxygens (including phenoxy) is 2. The van der Waals surface area contributed by atoms with Crippen LogP contribution in [0.5, 0.6) is 0 Å². The van der Waals surface area contributed by atoms with E-state index in [1.165, 1.54) is 30.0 Å². The third-order valence-corrected chi connectivity index (χ3v) is 5.00. The molecular formula is C18H20O2. The van der Waals surface area contributed by atoms with Crippen LogP contribution in [0.2, 0.25) is 0 Å². The van der Waals surface area contributed by atoms with Crippen molar-refractivity contribution in [3.63, 3.8) is 0 Å². The average Bonchev–Trinajstić information content (AvgIpc) is 2.46. The standard InChI is InChI=1S/C18H20O2/c1-17(19-12-18(13-20-17)10-5-11-18)16-9-4-7-14-6-2-3-8-15(14)16/h2-4,6-9H,5,10-13H2,1H3. The molecule has 1 saturated heterocycles. The van der Waals surface area contributed by atoms with Crippen molar-refractivity contribution in [3.8, 4) is 0 Å². The second kappa shape index (κ2) is 4.31. The van der Waals surface area contributed by atoms with Gasteiger partial charge in [-0.15, -0.1) is 0 Å². The van der Waals surface area contributed by atoms with E-state index in [9.17, 15) is 0 Å². The molecule has 4 rings (SSSR count). The zero-order valence-electron chi connectivity index (χ0n) is 11.9. The first-order valence-corrected chi connectivity index (χ1v) is 7.47. The molecule has 0 atom stereocenters. The van der Waals surface area contributed by atoms with Gasteiger partial charge in [-0.2, -0.15) is 0 Å². The van der Waals surface area contributed by atoms with Gasteiger partial charge in [0.15, 0.2) is 5.79 Å². The molecule has 0 amide bonds. The zero-order chi connectivity index (χ0) is 13.6. The Kier molecular flexibility index (Phi) is 2.66. The van der Waals surface area contributed by atoms with Gasteiger partial charge in [0.05, 0.1) is 13.2 Å². The van der Waals surface area contributed by atoms with Crippen molar-refractivity contribution in [1.29, 1.82) is 0 Å². The minimum Gasteiger partial charge on any atom is -0.345 e. The predicted molar refractivity (Wildman–Crippen MR) is 79.5 cm³/mol. The van der Waals surface area contributed by atoms with Gasteiger partial charge in [-0.3, -0.25) is 0 Å². The van der Waals surface area contributed by atoms with E-state index in [4.69, 9.17) is 9.47 Å². The van der Waals surface area contributed by atoms with Crippen molar-refractivity contribution < 1.29 is 9.47 Å². The summed E-state index contributed by atoms with van der Waals surface area (Å²) in [6, 6.07) is 14.8. The van der Waals surface area contributed by atoms with Gasteiger partial charge < -0.3 is 9.47 Å². The first-order chi connectivity index (χ1) is 9.71. The van der Waals surface area contributed by atoms with Crippen LogP contribution in [0.25, 0.3) is 10.8 Å². The smallest absolute Gasteiger partial charge is 0.192 e. The summed E-state index contributed by atoms with van der Waals surface area (Å²) in [6.07, 6.45) is 3.81. The summed E-state index contributed by atoms with van der Waals surface area (Å²) >= 11 is 0. The Balaban J connectivity index is 1.72. The molecule has 2 fully saturated rings. The molecule has 0 radical (unpaired) electrons. The van der Waals surface area contributed by atoms with Crippen LogP contribution in [0.1, 0.15) is 31.7 Å². The van der Waals surface area contributed by atoms with E-state index in [1.807, 2.05) is 0 Å². The quantitative estimate of drug-likeness (QED) is 0.770. The van der Waals surface area contributed by atoms with Crippen molar-refractivity contribution in [1.82, 2.24) is 0 Å². The first kappa shape index (κ1) is 12.4. The second-order valence-electron chi connectivity index (χ2n) is 6.40. The fourth-order valence-corrected chi connectivity index (χ4v) is 3.41. The molecule has 0 N–H and O–H groups in total. The summed E-state index contributed by atoms with van der Waals surface area (Å²) in [6.45, 7) is 3.71. The van der Waals surface area contributed by atoms with Gasteiger partial charge in [0, 0.05) is 11.0 Å². The molecule has 2 nitrogen and oxygen atoms in total. The van der Waals surface area contributed by atoms with Gasteiger partial charge >= 0.3 is 0 Å². The first-order valence-electron chi connectivity index (χ1n) is 7.47. The molecule has 104 valence electrons. The fraction of sp³-hybridized carbons (Fsp3) is 0.444.